The van der Waals surface area contributed by atoms with Crippen molar-refractivity contribution in [2.75, 3.05) is 12.8 Å². The van der Waals surface area contributed by atoms with Gasteiger partial charge in [0, 0.05) is 18.5 Å². The number of anilines is 1. The molecular formula is C12H13ClN2O2S2. The number of thiophene rings is 1. The Bertz CT molecular complexity index is 669. The van der Waals surface area contributed by atoms with Crippen molar-refractivity contribution in [1.82, 2.24) is 4.31 Å². The topological polar surface area (TPSA) is 63.4 Å². The maximum atomic E-state index is 12.4. The molecule has 4 nitrogen and oxygen atoms in total. The van der Waals surface area contributed by atoms with Crippen LogP contribution in [0.4, 0.5) is 5.69 Å². The Balaban J connectivity index is 2.28. The molecular weight excluding hydrogens is 304 g/mol. The van der Waals surface area contributed by atoms with E-state index in [2.05, 4.69) is 0 Å². The Kier molecular flexibility index (Phi) is 4.15. The van der Waals surface area contributed by atoms with Gasteiger partial charge < -0.3 is 5.73 Å². The summed E-state index contributed by atoms with van der Waals surface area (Å²) in [5, 5.41) is 2.26. The third kappa shape index (κ3) is 3.09. The van der Waals surface area contributed by atoms with Crippen LogP contribution in [-0.4, -0.2) is 19.8 Å². The number of hydrogen-bond donors (Lipinski definition) is 1. The summed E-state index contributed by atoms with van der Waals surface area (Å²) in [4.78, 5) is 1.13. The Morgan fingerprint density at radius 2 is 2.11 bits per heavy atom. The van der Waals surface area contributed by atoms with Crippen LogP contribution in [0.1, 0.15) is 4.88 Å². The molecule has 2 N–H and O–H groups in total. The molecule has 1 aromatic heterocycles. The second-order valence-corrected chi connectivity index (χ2v) is 7.51. The largest absolute Gasteiger partial charge is 0.397 e. The van der Waals surface area contributed by atoms with Crippen molar-refractivity contribution in [3.05, 3.63) is 45.6 Å². The number of nitrogens with zero attached hydrogens (tertiary/aromatic N) is 1. The van der Waals surface area contributed by atoms with Gasteiger partial charge in [0.05, 0.1) is 15.6 Å². The van der Waals surface area contributed by atoms with Gasteiger partial charge in [0.2, 0.25) is 10.0 Å². The van der Waals surface area contributed by atoms with Crippen LogP contribution >= 0.6 is 22.9 Å². The second-order valence-electron chi connectivity index (χ2n) is 4.02. The van der Waals surface area contributed by atoms with Crippen LogP contribution in [0.15, 0.2) is 40.6 Å². The van der Waals surface area contributed by atoms with Gasteiger partial charge >= 0.3 is 0 Å². The molecule has 7 heteroatoms. The van der Waals surface area contributed by atoms with E-state index >= 15 is 0 Å². The molecule has 0 saturated carbocycles. The van der Waals surface area contributed by atoms with Crippen molar-refractivity contribution in [1.29, 1.82) is 0 Å². The molecule has 19 heavy (non-hydrogen) atoms. The Morgan fingerprint density at radius 1 is 1.37 bits per heavy atom. The lowest BCUT2D eigenvalue weighted by atomic mass is 10.3. The molecule has 0 saturated heterocycles. The molecule has 0 radical (unpaired) electrons. The number of nitrogens with two attached hydrogens (primary N) is 1. The van der Waals surface area contributed by atoms with Gasteiger partial charge in [0.15, 0.2) is 0 Å². The van der Waals surface area contributed by atoms with Crippen molar-refractivity contribution in [2.24, 2.45) is 0 Å². The zero-order chi connectivity index (χ0) is 14.0. The molecule has 0 amide bonds. The van der Waals surface area contributed by atoms with Crippen LogP contribution < -0.4 is 5.73 Å². The SMILES string of the molecule is CN(Cc1cccs1)S(=O)(=O)c1ccc(Cl)c(N)c1. The van der Waals surface area contributed by atoms with Gasteiger partial charge in [-0.2, -0.15) is 4.31 Å². The molecule has 1 aromatic carbocycles. The van der Waals surface area contributed by atoms with E-state index in [9.17, 15) is 8.42 Å². The zero-order valence-corrected chi connectivity index (χ0v) is 12.6. The van der Waals surface area contributed by atoms with E-state index in [0.717, 1.165) is 4.88 Å². The standard InChI is InChI=1S/C12H13ClN2O2S2/c1-15(8-9-3-2-6-18-9)19(16,17)10-4-5-11(13)12(14)7-10/h2-7H,8,14H2,1H3. The Labute approximate surface area is 121 Å². The molecule has 0 atom stereocenters. The number of halogens is 1. The third-order valence-corrected chi connectivity index (χ3v) is 5.64. The molecule has 0 unspecified atom stereocenters. The molecule has 2 rings (SSSR count). The van der Waals surface area contributed by atoms with Gasteiger partial charge in [-0.05, 0) is 29.6 Å². The average Bonchev–Trinajstić information content (AvgIpc) is 2.85. The predicted molar refractivity (Wildman–Crippen MR) is 78.8 cm³/mol. The predicted octanol–water partition coefficient (Wildman–Crippen LogP) is 2.80. The summed E-state index contributed by atoms with van der Waals surface area (Å²) in [5.74, 6) is 0. The van der Waals surface area contributed by atoms with Crippen LogP contribution in [0.25, 0.3) is 0 Å². The first-order valence-corrected chi connectivity index (χ1v) is 8.15. The number of hydrogen-bond acceptors (Lipinski definition) is 4. The summed E-state index contributed by atoms with van der Waals surface area (Å²) in [6, 6.07) is 8.11. The fraction of sp³-hybridized carbons (Fsp3) is 0.167. The highest BCUT2D eigenvalue weighted by atomic mass is 35.5. The minimum absolute atomic E-state index is 0.147. The van der Waals surface area contributed by atoms with Crippen molar-refractivity contribution in [3.63, 3.8) is 0 Å². The van der Waals surface area contributed by atoms with E-state index < -0.39 is 10.0 Å². The summed E-state index contributed by atoms with van der Waals surface area (Å²) in [7, 11) is -2.01. The molecule has 1 heterocycles. The number of nitrogen functional groups attached to an aromatic ring is 1. The molecule has 0 aliphatic carbocycles. The average molecular weight is 317 g/mol. The highest BCUT2D eigenvalue weighted by Gasteiger charge is 2.21. The molecule has 0 aliphatic rings. The Hall–Kier alpha value is -1.08. The lowest BCUT2D eigenvalue weighted by Gasteiger charge is -2.16. The number of rotatable bonds is 4. The monoisotopic (exact) mass is 316 g/mol. The molecule has 0 spiro atoms. The van der Waals surface area contributed by atoms with Gasteiger partial charge in [-0.3, -0.25) is 0 Å². The smallest absolute Gasteiger partial charge is 0.243 e. The minimum Gasteiger partial charge on any atom is -0.397 e. The van der Waals surface area contributed by atoms with Crippen LogP contribution in [0.3, 0.4) is 0 Å². The van der Waals surface area contributed by atoms with Crippen molar-refractivity contribution < 1.29 is 8.42 Å². The summed E-state index contributed by atoms with van der Waals surface area (Å²) < 4.78 is 26.0. The summed E-state index contributed by atoms with van der Waals surface area (Å²) in [6.07, 6.45) is 0. The van der Waals surface area contributed by atoms with E-state index in [-0.39, 0.29) is 10.6 Å². The lowest BCUT2D eigenvalue weighted by molar-refractivity contribution is 0.469. The van der Waals surface area contributed by atoms with Gasteiger partial charge in [-0.1, -0.05) is 17.7 Å². The highest BCUT2D eigenvalue weighted by molar-refractivity contribution is 7.89. The van der Waals surface area contributed by atoms with Crippen molar-refractivity contribution >= 4 is 38.6 Å². The van der Waals surface area contributed by atoms with Crippen molar-refractivity contribution in [3.8, 4) is 0 Å². The van der Waals surface area contributed by atoms with Gasteiger partial charge in [-0.25, -0.2) is 8.42 Å². The normalized spacial score (nSPS) is 11.9. The first-order chi connectivity index (χ1) is 8.91. The first kappa shape index (κ1) is 14.3. The molecule has 102 valence electrons. The van der Waals surface area contributed by atoms with Gasteiger partial charge in [0.25, 0.3) is 0 Å². The molecule has 0 bridgehead atoms. The summed E-state index contributed by atoms with van der Waals surface area (Å²) in [5.41, 5.74) is 5.90. The molecule has 2 aromatic rings. The summed E-state index contributed by atoms with van der Waals surface area (Å²) >= 11 is 7.31. The quantitative estimate of drug-likeness (QED) is 0.882. The highest BCUT2D eigenvalue weighted by Crippen LogP contribution is 2.25. The maximum absolute atomic E-state index is 12.4. The fourth-order valence-electron chi connectivity index (χ4n) is 1.57. The fourth-order valence-corrected chi connectivity index (χ4v) is 3.71. The minimum atomic E-state index is -3.55. The summed E-state index contributed by atoms with van der Waals surface area (Å²) in [6.45, 7) is 0.336. The van der Waals surface area contributed by atoms with E-state index in [1.807, 2.05) is 17.5 Å². The van der Waals surface area contributed by atoms with Gasteiger partial charge in [-0.15, -0.1) is 11.3 Å². The lowest BCUT2D eigenvalue weighted by Crippen LogP contribution is -2.26. The van der Waals surface area contributed by atoms with E-state index in [4.69, 9.17) is 17.3 Å². The van der Waals surface area contributed by atoms with Crippen LogP contribution in [0, 0.1) is 0 Å². The van der Waals surface area contributed by atoms with Crippen molar-refractivity contribution in [2.45, 2.75) is 11.4 Å². The van der Waals surface area contributed by atoms with Crippen LogP contribution in [0.2, 0.25) is 5.02 Å². The van der Waals surface area contributed by atoms with E-state index in [0.29, 0.717) is 11.6 Å². The van der Waals surface area contributed by atoms with E-state index in [1.165, 1.54) is 33.8 Å². The maximum Gasteiger partial charge on any atom is 0.243 e. The van der Waals surface area contributed by atoms with Gasteiger partial charge in [0.1, 0.15) is 0 Å². The third-order valence-electron chi connectivity index (χ3n) is 2.63. The van der Waals surface area contributed by atoms with E-state index in [1.54, 1.807) is 7.05 Å². The Morgan fingerprint density at radius 3 is 2.68 bits per heavy atom. The van der Waals surface area contributed by atoms with Crippen LogP contribution in [-0.2, 0) is 16.6 Å². The first-order valence-electron chi connectivity index (χ1n) is 5.45. The number of sulfonamides is 1. The molecule has 0 aliphatic heterocycles. The zero-order valence-electron chi connectivity index (χ0n) is 10.2. The second kappa shape index (κ2) is 5.50. The number of benzene rings is 1. The van der Waals surface area contributed by atoms with Crippen LogP contribution in [0.5, 0.6) is 0 Å². The molecule has 0 fully saturated rings.